The van der Waals surface area contributed by atoms with Crippen molar-refractivity contribution in [3.63, 3.8) is 0 Å². The Morgan fingerprint density at radius 2 is 1.27 bits per heavy atom. The summed E-state index contributed by atoms with van der Waals surface area (Å²) in [5.41, 5.74) is 0. The fraction of sp³-hybridized carbons (Fsp3) is 0.900. The predicted molar refractivity (Wildman–Crippen MR) is 169 cm³/mol. The van der Waals surface area contributed by atoms with Gasteiger partial charge in [0.15, 0.2) is 0 Å². The molecule has 0 aliphatic carbocycles. The summed E-state index contributed by atoms with van der Waals surface area (Å²) < 4.78 is 13.7. The summed E-state index contributed by atoms with van der Waals surface area (Å²) in [5.74, 6) is -0.276. The lowest BCUT2D eigenvalue weighted by atomic mass is 10.0. The van der Waals surface area contributed by atoms with Crippen LogP contribution in [0.1, 0.15) is 124 Å². The third-order valence-corrected chi connectivity index (χ3v) is 6.42. The number of aliphatic hydroxyl groups excluding tert-OH is 2. The molecule has 0 aliphatic heterocycles. The van der Waals surface area contributed by atoms with Crippen molar-refractivity contribution < 1.29 is 39.0 Å². The van der Waals surface area contributed by atoms with E-state index in [1.165, 1.54) is 83.5 Å². The van der Waals surface area contributed by atoms with Crippen molar-refractivity contribution in [1.82, 2.24) is 10.2 Å². The molecule has 0 amide bonds. The van der Waals surface area contributed by atoms with Crippen LogP contribution in [0.5, 0.6) is 0 Å². The number of unbranched alkanes of at least 4 members (excludes halogenated alkanes) is 14. The molecule has 6 N–H and O–H groups in total. The number of rotatable bonds is 26. The lowest BCUT2D eigenvalue weighted by Crippen LogP contribution is -2.31. The molecule has 0 radical (unpaired) electrons. The zero-order chi connectivity index (χ0) is 31.6. The van der Waals surface area contributed by atoms with E-state index in [0.29, 0.717) is 6.42 Å². The number of carbonyl (C=O) groups is 1. The summed E-state index contributed by atoms with van der Waals surface area (Å²) in [6.07, 6.45) is 20.9. The molecule has 248 valence electrons. The first-order valence-corrected chi connectivity index (χ1v) is 17.4. The van der Waals surface area contributed by atoms with Crippen LogP contribution in [0.4, 0.5) is 0 Å². The zero-order valence-corrected chi connectivity index (χ0v) is 27.4. The van der Waals surface area contributed by atoms with Gasteiger partial charge < -0.3 is 39.8 Å². The van der Waals surface area contributed by atoms with Crippen molar-refractivity contribution in [3.05, 3.63) is 12.7 Å². The van der Waals surface area contributed by atoms with E-state index in [1.807, 2.05) is 6.08 Å². The Morgan fingerprint density at radius 3 is 1.63 bits per heavy atom. The maximum absolute atomic E-state index is 11.4. The van der Waals surface area contributed by atoms with Gasteiger partial charge >= 0.3 is 13.8 Å². The number of phosphoric acid groups is 1. The molecule has 0 spiro atoms. The zero-order valence-electron chi connectivity index (χ0n) is 26.5. The second kappa shape index (κ2) is 35.4. The summed E-state index contributed by atoms with van der Waals surface area (Å²) in [7, 11) is -4.64. The molecule has 0 aliphatic rings. The van der Waals surface area contributed by atoms with Crippen LogP contribution in [0.3, 0.4) is 0 Å². The van der Waals surface area contributed by atoms with E-state index in [0.717, 1.165) is 45.6 Å². The van der Waals surface area contributed by atoms with Crippen molar-refractivity contribution >= 4 is 13.8 Å². The molecule has 11 heteroatoms. The summed E-state index contributed by atoms with van der Waals surface area (Å²) in [6.45, 7) is 15.2. The summed E-state index contributed by atoms with van der Waals surface area (Å²) in [5, 5.41) is 21.0. The molecule has 0 rings (SSSR count). The Morgan fingerprint density at radius 1 is 0.854 bits per heavy atom. The number of hydrogen-bond acceptors (Lipinski definition) is 7. The molecule has 0 heterocycles. The normalized spacial score (nSPS) is 11.7. The lowest BCUT2D eigenvalue weighted by molar-refractivity contribution is -0.147. The maximum atomic E-state index is 11.4. The number of likely N-dealkylation sites (N-methyl/N-ethyl adjacent to an activating group) is 1. The summed E-state index contributed by atoms with van der Waals surface area (Å²) in [4.78, 5) is 35.3. The van der Waals surface area contributed by atoms with Crippen LogP contribution in [0.15, 0.2) is 12.7 Å². The van der Waals surface area contributed by atoms with Crippen molar-refractivity contribution in [2.24, 2.45) is 0 Å². The molecule has 0 aromatic heterocycles. The lowest BCUT2D eigenvalue weighted by Gasteiger charge is -2.17. The van der Waals surface area contributed by atoms with Gasteiger partial charge in [-0.15, -0.1) is 6.58 Å². The fourth-order valence-electron chi connectivity index (χ4n) is 3.94. The molecular formula is C30H65N2O8P. The second-order valence-electron chi connectivity index (χ2n) is 10.3. The molecule has 0 aromatic rings. The average Bonchev–Trinajstić information content (AvgIpc) is 2.93. The van der Waals surface area contributed by atoms with E-state index in [1.54, 1.807) is 0 Å². The van der Waals surface area contributed by atoms with Crippen LogP contribution in [0, 0.1) is 0 Å². The largest absolute Gasteiger partial charge is 0.466 e. The van der Waals surface area contributed by atoms with Crippen LogP contribution in [-0.2, 0) is 14.1 Å². The van der Waals surface area contributed by atoms with Crippen LogP contribution in [0.2, 0.25) is 0 Å². The van der Waals surface area contributed by atoms with Crippen LogP contribution in [0.25, 0.3) is 0 Å². The topological polar surface area (TPSA) is 160 Å². The van der Waals surface area contributed by atoms with E-state index >= 15 is 0 Å². The standard InChI is InChI=1S/C21H42O4.C9H20N2.H3O4P/c1-2-3-4-5-6-7-8-9-10-11-12-13-14-15-16-17-21(24)25-19-20(23)18-22;1-4-7-10-8-9-11(5-2)6-3;1-5(2,3)4/h20,22-23H,2-19H2,1H3;4,10H,1,5-9H2,2-3H3;(H3,1,2,3,4). The van der Waals surface area contributed by atoms with Crippen molar-refractivity contribution in [2.45, 2.75) is 130 Å². The van der Waals surface area contributed by atoms with E-state index in [9.17, 15) is 4.79 Å². The number of carbonyl (C=O) groups excluding carboxylic acids is 1. The number of aliphatic hydroxyl groups is 2. The minimum absolute atomic E-state index is 0.103. The minimum atomic E-state index is -4.64. The van der Waals surface area contributed by atoms with Gasteiger partial charge in [-0.25, -0.2) is 4.57 Å². The molecule has 0 fully saturated rings. The average molecular weight is 613 g/mol. The monoisotopic (exact) mass is 612 g/mol. The van der Waals surface area contributed by atoms with E-state index in [2.05, 4.69) is 37.6 Å². The highest BCUT2D eigenvalue weighted by Gasteiger charge is 2.07. The van der Waals surface area contributed by atoms with Crippen LogP contribution < -0.4 is 5.32 Å². The Kier molecular flexibility index (Phi) is 38.5. The number of nitrogens with zero attached hydrogens (tertiary/aromatic N) is 1. The van der Waals surface area contributed by atoms with E-state index in [-0.39, 0.29) is 19.2 Å². The molecule has 1 atom stereocenters. The molecule has 41 heavy (non-hydrogen) atoms. The van der Waals surface area contributed by atoms with Gasteiger partial charge in [0.2, 0.25) is 0 Å². The molecule has 0 saturated carbocycles. The molecule has 10 nitrogen and oxygen atoms in total. The van der Waals surface area contributed by atoms with Gasteiger partial charge in [0, 0.05) is 26.1 Å². The van der Waals surface area contributed by atoms with Gasteiger partial charge in [-0.05, 0) is 19.5 Å². The first-order chi connectivity index (χ1) is 19.5. The third kappa shape index (κ3) is 49.2. The van der Waals surface area contributed by atoms with Crippen LogP contribution in [-0.4, -0.2) is 87.8 Å². The fourth-order valence-corrected chi connectivity index (χ4v) is 3.94. The van der Waals surface area contributed by atoms with Gasteiger partial charge in [0.1, 0.15) is 12.7 Å². The molecule has 1 unspecified atom stereocenters. The highest BCUT2D eigenvalue weighted by molar-refractivity contribution is 7.45. The van der Waals surface area contributed by atoms with Gasteiger partial charge in [0.25, 0.3) is 0 Å². The number of hydrogen-bond donors (Lipinski definition) is 6. The molecule has 0 aromatic carbocycles. The Bertz CT molecular complexity index is 581. The van der Waals surface area contributed by atoms with E-state index < -0.39 is 13.9 Å². The highest BCUT2D eigenvalue weighted by atomic mass is 31.2. The Labute approximate surface area is 251 Å². The number of nitrogens with one attached hydrogen (secondary N) is 1. The smallest absolute Gasteiger partial charge is 0.463 e. The second-order valence-corrected chi connectivity index (χ2v) is 11.3. The molecule has 0 saturated heterocycles. The minimum Gasteiger partial charge on any atom is -0.463 e. The van der Waals surface area contributed by atoms with Crippen molar-refractivity contribution in [3.8, 4) is 0 Å². The number of esters is 1. The predicted octanol–water partition coefficient (Wildman–Crippen LogP) is 5.32. The van der Waals surface area contributed by atoms with E-state index in [4.69, 9.17) is 34.2 Å². The van der Waals surface area contributed by atoms with Gasteiger partial charge in [0.05, 0.1) is 6.61 Å². The molecule has 0 bridgehead atoms. The highest BCUT2D eigenvalue weighted by Crippen LogP contribution is 2.25. The molecular weight excluding hydrogens is 547 g/mol. The first-order valence-electron chi connectivity index (χ1n) is 15.8. The van der Waals surface area contributed by atoms with Crippen molar-refractivity contribution in [1.29, 1.82) is 0 Å². The quantitative estimate of drug-likeness (QED) is 0.0327. The maximum Gasteiger partial charge on any atom is 0.466 e. The summed E-state index contributed by atoms with van der Waals surface area (Å²) >= 11 is 0. The van der Waals surface area contributed by atoms with Crippen LogP contribution >= 0.6 is 7.82 Å². The Hall–Kier alpha value is -0.840. The first kappa shape index (κ1) is 44.6. The van der Waals surface area contributed by atoms with Crippen molar-refractivity contribution in [2.75, 3.05) is 45.9 Å². The van der Waals surface area contributed by atoms with Gasteiger partial charge in [-0.3, -0.25) is 4.79 Å². The SMILES string of the molecule is C=CCNCCN(CC)CC.CCCCCCCCCCCCCCCCCC(=O)OCC(O)CO.O=P(O)(O)O. The third-order valence-electron chi connectivity index (χ3n) is 6.42. The summed E-state index contributed by atoms with van der Waals surface area (Å²) in [6, 6.07) is 0. The Balaban J connectivity index is -0.000000739. The van der Waals surface area contributed by atoms with Gasteiger partial charge in [-0.1, -0.05) is 117 Å². The number of ether oxygens (including phenoxy) is 1. The van der Waals surface area contributed by atoms with Gasteiger partial charge in [-0.2, -0.15) is 0 Å².